The lowest BCUT2D eigenvalue weighted by Crippen LogP contribution is -2.55. The highest BCUT2D eigenvalue weighted by atomic mass is 16.6. The molecule has 0 saturated heterocycles. The highest BCUT2D eigenvalue weighted by Gasteiger charge is 2.25. The van der Waals surface area contributed by atoms with Crippen LogP contribution >= 0.6 is 0 Å². The Morgan fingerprint density at radius 2 is 0.862 bits per heavy atom. The van der Waals surface area contributed by atoms with Crippen molar-refractivity contribution in [2.24, 2.45) is 0 Å². The van der Waals surface area contributed by atoms with Crippen molar-refractivity contribution in [2.45, 2.75) is 231 Å². The van der Waals surface area contributed by atoms with Crippen molar-refractivity contribution in [3.05, 3.63) is 72.9 Å². The van der Waals surface area contributed by atoms with Gasteiger partial charge in [-0.05, 0) is 64.2 Å². The largest absolute Gasteiger partial charge is 0.544 e. The van der Waals surface area contributed by atoms with Crippen LogP contribution in [0.2, 0.25) is 0 Å². The van der Waals surface area contributed by atoms with Crippen LogP contribution in [0, 0.1) is 0 Å². The second kappa shape index (κ2) is 47.3. The van der Waals surface area contributed by atoms with Crippen LogP contribution in [0.5, 0.6) is 0 Å². The van der Waals surface area contributed by atoms with E-state index in [1.807, 2.05) is 0 Å². The first kappa shape index (κ1) is 61.8. The molecule has 65 heavy (non-hydrogen) atoms. The van der Waals surface area contributed by atoms with Gasteiger partial charge in [0.25, 0.3) is 0 Å². The summed E-state index contributed by atoms with van der Waals surface area (Å²) < 4.78 is 17.2. The fraction of sp³-hybridized carbons (Fsp3) is 0.737. The molecule has 0 aromatic rings. The lowest BCUT2D eigenvalue weighted by molar-refractivity contribution is -0.889. The van der Waals surface area contributed by atoms with Crippen molar-refractivity contribution in [1.29, 1.82) is 0 Å². The summed E-state index contributed by atoms with van der Waals surface area (Å²) in [5.74, 6) is -1.77. The highest BCUT2D eigenvalue weighted by Crippen LogP contribution is 2.16. The predicted molar refractivity (Wildman–Crippen MR) is 272 cm³/mol. The molecule has 0 amide bonds. The molecule has 0 aliphatic rings. The maximum atomic E-state index is 12.8. The molecule has 0 bridgehead atoms. The number of ether oxygens (including phenoxy) is 3. The number of hydrogen-bond acceptors (Lipinski definition) is 7. The van der Waals surface area contributed by atoms with Gasteiger partial charge in [0.2, 0.25) is 0 Å². The van der Waals surface area contributed by atoms with Gasteiger partial charge in [-0.1, -0.05) is 209 Å². The Morgan fingerprint density at radius 1 is 0.477 bits per heavy atom. The highest BCUT2D eigenvalue weighted by molar-refractivity contribution is 5.70. The van der Waals surface area contributed by atoms with E-state index in [2.05, 4.69) is 86.8 Å². The minimum absolute atomic E-state index is 0.0289. The van der Waals surface area contributed by atoms with Crippen LogP contribution in [0.3, 0.4) is 0 Å². The van der Waals surface area contributed by atoms with E-state index in [1.54, 1.807) is 21.1 Å². The van der Waals surface area contributed by atoms with E-state index in [1.165, 1.54) is 103 Å². The van der Waals surface area contributed by atoms with E-state index in [4.69, 9.17) is 14.2 Å². The van der Waals surface area contributed by atoms with Gasteiger partial charge in [-0.25, -0.2) is 0 Å². The average molecular weight is 910 g/mol. The van der Waals surface area contributed by atoms with E-state index < -0.39 is 18.1 Å². The number of carbonyl (C=O) groups is 3. The summed E-state index contributed by atoms with van der Waals surface area (Å²) in [6.45, 7) is 4.54. The molecule has 0 rings (SSSR count). The zero-order valence-corrected chi connectivity index (χ0v) is 42.6. The van der Waals surface area contributed by atoms with Crippen molar-refractivity contribution >= 4 is 17.9 Å². The number of carboxylic acids is 1. The lowest BCUT2D eigenvalue weighted by atomic mass is 10.0. The quantitative estimate of drug-likeness (QED) is 0.0259. The van der Waals surface area contributed by atoms with Crippen molar-refractivity contribution in [3.8, 4) is 0 Å². The first-order chi connectivity index (χ1) is 31.6. The molecule has 2 unspecified atom stereocenters. The topological polar surface area (TPSA) is 102 Å². The fourth-order valence-corrected chi connectivity index (χ4v) is 7.55. The molecule has 0 N–H and O–H groups in total. The third-order valence-corrected chi connectivity index (χ3v) is 11.6. The smallest absolute Gasteiger partial charge is 0.306 e. The van der Waals surface area contributed by atoms with Gasteiger partial charge in [0.05, 0.1) is 40.3 Å². The van der Waals surface area contributed by atoms with Crippen LogP contribution in [0.15, 0.2) is 72.9 Å². The van der Waals surface area contributed by atoms with Gasteiger partial charge in [-0.2, -0.15) is 0 Å². The van der Waals surface area contributed by atoms with E-state index in [0.717, 1.165) is 83.5 Å². The SMILES string of the molecule is CC/C=C/C/C=C/C/C=C/C/C=C/C/C=C/C/C=C/CCCCCC(=O)OCC(COCCC(C(=O)[O-])[N+](C)(C)C)OC(=O)CCCCCCCCCCCCCCCCCCCCC. The number of carbonyl (C=O) groups excluding carboxylic acids is 3. The molecule has 0 saturated carbocycles. The Morgan fingerprint density at radius 3 is 1.28 bits per heavy atom. The zero-order valence-electron chi connectivity index (χ0n) is 42.6. The summed E-state index contributed by atoms with van der Waals surface area (Å²) in [4.78, 5) is 37.1. The van der Waals surface area contributed by atoms with Crippen LogP contribution in [0.4, 0.5) is 0 Å². The molecule has 0 aliphatic heterocycles. The van der Waals surface area contributed by atoms with Gasteiger partial charge in [-0.15, -0.1) is 0 Å². The van der Waals surface area contributed by atoms with E-state index in [9.17, 15) is 19.5 Å². The second-order valence-corrected chi connectivity index (χ2v) is 18.7. The number of quaternary nitrogens is 1. The Labute approximate surface area is 400 Å². The van der Waals surface area contributed by atoms with Crippen LogP contribution < -0.4 is 5.11 Å². The minimum atomic E-state index is -1.13. The summed E-state index contributed by atoms with van der Waals surface area (Å²) >= 11 is 0. The molecular weight excluding hydrogens is 811 g/mol. The zero-order chi connectivity index (χ0) is 47.7. The molecule has 0 radical (unpaired) electrons. The molecule has 0 aliphatic carbocycles. The normalized spacial score (nSPS) is 13.4. The van der Waals surface area contributed by atoms with Gasteiger partial charge in [0, 0.05) is 19.3 Å². The molecule has 0 heterocycles. The van der Waals surface area contributed by atoms with Gasteiger partial charge >= 0.3 is 11.9 Å². The fourth-order valence-electron chi connectivity index (χ4n) is 7.55. The van der Waals surface area contributed by atoms with Gasteiger partial charge in [-0.3, -0.25) is 9.59 Å². The maximum Gasteiger partial charge on any atom is 0.306 e. The summed E-state index contributed by atoms with van der Waals surface area (Å²) in [6.07, 6.45) is 60.8. The Hall–Kier alpha value is -3.23. The summed E-state index contributed by atoms with van der Waals surface area (Å²) in [5.41, 5.74) is 0. The van der Waals surface area contributed by atoms with Gasteiger partial charge in [0.1, 0.15) is 12.6 Å². The molecule has 8 nitrogen and oxygen atoms in total. The lowest BCUT2D eigenvalue weighted by Gasteiger charge is -2.34. The number of likely N-dealkylation sites (N-methyl/N-ethyl adjacent to an activating group) is 1. The third kappa shape index (κ3) is 45.7. The number of carboxylic acid groups (broad SMARTS) is 1. The molecule has 0 spiro atoms. The van der Waals surface area contributed by atoms with Gasteiger partial charge < -0.3 is 28.6 Å². The van der Waals surface area contributed by atoms with E-state index in [0.29, 0.717) is 12.8 Å². The summed E-state index contributed by atoms with van der Waals surface area (Å²) in [5, 5.41) is 11.7. The molecule has 374 valence electrons. The van der Waals surface area contributed by atoms with Crippen molar-refractivity contribution in [1.82, 2.24) is 0 Å². The molecule has 0 fully saturated rings. The van der Waals surface area contributed by atoms with Crippen LogP contribution in [-0.4, -0.2) is 75.5 Å². The maximum absolute atomic E-state index is 12.8. The number of rotatable bonds is 47. The van der Waals surface area contributed by atoms with Crippen LogP contribution in [-0.2, 0) is 28.6 Å². The molecule has 8 heteroatoms. The first-order valence-electron chi connectivity index (χ1n) is 26.5. The first-order valence-corrected chi connectivity index (χ1v) is 26.5. The molecule has 0 aromatic heterocycles. The van der Waals surface area contributed by atoms with Crippen molar-refractivity contribution in [2.75, 3.05) is 41.0 Å². The average Bonchev–Trinajstić information content (AvgIpc) is 3.27. The molecular formula is C57H99NO7. The summed E-state index contributed by atoms with van der Waals surface area (Å²) in [6, 6.07) is -0.734. The van der Waals surface area contributed by atoms with Crippen molar-refractivity contribution < 1.29 is 38.2 Å². The molecule has 2 atom stereocenters. The molecule has 0 aromatic carbocycles. The standard InChI is InChI=1S/C57H99NO7/c1-6-8-10-12-14-16-18-20-22-24-26-27-28-30-31-33-35-37-39-41-43-45-47-55(59)64-52-53(51-63-50-49-54(57(61)62)58(3,4)5)65-56(60)48-46-44-42-40-38-36-34-32-29-25-23-21-19-17-15-13-11-9-7-2/h8,10,14,16,20,22,26-27,30-31,35,37,53-54H,6-7,9,11-13,15,17-19,21,23-25,28-29,32-34,36,38-52H2,1-5H3/b10-8+,16-14+,22-20+,27-26+,31-30+,37-35+. The Bertz CT molecular complexity index is 1290. The monoisotopic (exact) mass is 910 g/mol. The summed E-state index contributed by atoms with van der Waals surface area (Å²) in [7, 11) is 5.41. The van der Waals surface area contributed by atoms with Crippen molar-refractivity contribution in [3.63, 3.8) is 0 Å². The minimum Gasteiger partial charge on any atom is -0.544 e. The number of unbranched alkanes of at least 4 members (excludes halogenated alkanes) is 21. The van der Waals surface area contributed by atoms with E-state index >= 15 is 0 Å². The number of esters is 2. The number of nitrogens with zero attached hydrogens (tertiary/aromatic N) is 1. The van der Waals surface area contributed by atoms with E-state index in [-0.39, 0.29) is 42.7 Å². The Kier molecular flexibility index (Phi) is 44.9. The number of hydrogen-bond donors (Lipinski definition) is 0. The van der Waals surface area contributed by atoms with Crippen LogP contribution in [0.1, 0.15) is 219 Å². The number of allylic oxidation sites excluding steroid dienone is 12. The number of aliphatic carboxylic acids is 1. The van der Waals surface area contributed by atoms with Gasteiger partial charge in [0.15, 0.2) is 6.10 Å². The second-order valence-electron chi connectivity index (χ2n) is 18.7. The van der Waals surface area contributed by atoms with Crippen LogP contribution in [0.25, 0.3) is 0 Å². The predicted octanol–water partition coefficient (Wildman–Crippen LogP) is 14.1. The Balaban J connectivity index is 4.30. The third-order valence-electron chi connectivity index (χ3n) is 11.6.